The number of aromatic nitrogens is 5. The summed E-state index contributed by atoms with van der Waals surface area (Å²) in [5.41, 5.74) is 0.640. The predicted molar refractivity (Wildman–Crippen MR) is 134 cm³/mol. The average Bonchev–Trinajstić information content (AvgIpc) is 3.32. The first-order chi connectivity index (χ1) is 17.2. The maximum Gasteiger partial charge on any atom is 0.357 e. The molecule has 0 aliphatic heterocycles. The molecule has 10 heteroatoms. The van der Waals surface area contributed by atoms with E-state index in [0.29, 0.717) is 11.6 Å². The molecule has 0 fully saturated rings. The monoisotopic (exact) mass is 486 g/mol. The molecule has 2 heterocycles. The number of carbonyl (C=O) groups is 2. The van der Waals surface area contributed by atoms with E-state index in [-0.39, 0.29) is 23.0 Å². The molecule has 0 atom stereocenters. The standard InChI is InChI=1S/C26H26N6O4/c1-26(2,3)29-20-18(23(33)35-4)19(24(34)36-5)27-25(28-20)32-21(16-12-8-6-9-13-16)30-31-22(32)17-14-10-7-11-15-17/h6-15H,1-5H3,(H,27,28,29). The third-order valence-corrected chi connectivity index (χ3v) is 5.09. The summed E-state index contributed by atoms with van der Waals surface area (Å²) < 4.78 is 11.5. The molecular formula is C26H26N6O4. The summed E-state index contributed by atoms with van der Waals surface area (Å²) in [5.74, 6) is -0.477. The van der Waals surface area contributed by atoms with Crippen molar-refractivity contribution in [3.05, 3.63) is 71.9 Å². The number of esters is 2. The zero-order chi connectivity index (χ0) is 25.9. The maximum atomic E-state index is 12.8. The van der Waals surface area contributed by atoms with Gasteiger partial charge in [-0.15, -0.1) is 10.2 Å². The number of hydrogen-bond donors (Lipinski definition) is 1. The molecule has 10 nitrogen and oxygen atoms in total. The van der Waals surface area contributed by atoms with E-state index in [1.807, 2.05) is 81.4 Å². The van der Waals surface area contributed by atoms with Crippen LogP contribution >= 0.6 is 0 Å². The lowest BCUT2D eigenvalue weighted by molar-refractivity contribution is 0.0550. The van der Waals surface area contributed by atoms with Gasteiger partial charge in [0, 0.05) is 16.7 Å². The summed E-state index contributed by atoms with van der Waals surface area (Å²) in [6.07, 6.45) is 0. The lowest BCUT2D eigenvalue weighted by Gasteiger charge is -2.24. The molecule has 184 valence electrons. The Morgan fingerprint density at radius 2 is 1.28 bits per heavy atom. The maximum absolute atomic E-state index is 12.8. The highest BCUT2D eigenvalue weighted by Gasteiger charge is 2.31. The molecule has 0 spiro atoms. The zero-order valence-electron chi connectivity index (χ0n) is 20.6. The van der Waals surface area contributed by atoms with E-state index in [9.17, 15) is 9.59 Å². The molecule has 0 amide bonds. The molecule has 2 aromatic carbocycles. The van der Waals surface area contributed by atoms with Crippen molar-refractivity contribution >= 4 is 17.8 Å². The number of ether oxygens (including phenoxy) is 2. The number of rotatable bonds is 6. The van der Waals surface area contributed by atoms with Gasteiger partial charge in [-0.1, -0.05) is 60.7 Å². The smallest absolute Gasteiger partial charge is 0.357 e. The SMILES string of the molecule is COC(=O)c1nc(-n2c(-c3ccccc3)nnc2-c2ccccc2)nc(NC(C)(C)C)c1C(=O)OC. The van der Waals surface area contributed by atoms with E-state index >= 15 is 0 Å². The summed E-state index contributed by atoms with van der Waals surface area (Å²) in [7, 11) is 2.44. The van der Waals surface area contributed by atoms with Gasteiger partial charge in [-0.05, 0) is 20.8 Å². The van der Waals surface area contributed by atoms with Gasteiger partial charge in [0.15, 0.2) is 17.3 Å². The van der Waals surface area contributed by atoms with Gasteiger partial charge < -0.3 is 14.8 Å². The Morgan fingerprint density at radius 3 is 1.72 bits per heavy atom. The highest BCUT2D eigenvalue weighted by atomic mass is 16.5. The number of anilines is 1. The first-order valence-electron chi connectivity index (χ1n) is 11.2. The number of nitrogens with zero attached hydrogens (tertiary/aromatic N) is 5. The summed E-state index contributed by atoms with van der Waals surface area (Å²) in [4.78, 5) is 34.7. The molecule has 4 rings (SSSR count). The minimum Gasteiger partial charge on any atom is -0.465 e. The lowest BCUT2D eigenvalue weighted by Crippen LogP contribution is -2.30. The zero-order valence-corrected chi connectivity index (χ0v) is 20.6. The fourth-order valence-electron chi connectivity index (χ4n) is 3.56. The fourth-order valence-corrected chi connectivity index (χ4v) is 3.56. The van der Waals surface area contributed by atoms with Crippen molar-refractivity contribution in [2.45, 2.75) is 26.3 Å². The first kappa shape index (κ1) is 24.5. The normalized spacial score (nSPS) is 11.1. The highest BCUT2D eigenvalue weighted by molar-refractivity contribution is 6.05. The summed E-state index contributed by atoms with van der Waals surface area (Å²) in [6, 6.07) is 18.8. The van der Waals surface area contributed by atoms with Crippen molar-refractivity contribution in [2.24, 2.45) is 0 Å². The van der Waals surface area contributed by atoms with Crippen molar-refractivity contribution < 1.29 is 19.1 Å². The fraction of sp³-hybridized carbons (Fsp3) is 0.231. The molecule has 0 aliphatic rings. The van der Waals surface area contributed by atoms with Crippen molar-refractivity contribution in [1.29, 1.82) is 0 Å². The largest absolute Gasteiger partial charge is 0.465 e. The minimum absolute atomic E-state index is 0.0810. The van der Waals surface area contributed by atoms with Crippen LogP contribution in [-0.4, -0.2) is 56.4 Å². The Hall–Kier alpha value is -4.60. The quantitative estimate of drug-likeness (QED) is 0.400. The van der Waals surface area contributed by atoms with Crippen LogP contribution in [0.3, 0.4) is 0 Å². The summed E-state index contributed by atoms with van der Waals surface area (Å²) in [6.45, 7) is 5.70. The van der Waals surface area contributed by atoms with Crippen LogP contribution < -0.4 is 5.32 Å². The predicted octanol–water partition coefficient (Wildman–Crippen LogP) is 4.17. The van der Waals surface area contributed by atoms with E-state index in [2.05, 4.69) is 25.5 Å². The van der Waals surface area contributed by atoms with Crippen molar-refractivity contribution in [3.8, 4) is 28.7 Å². The summed E-state index contributed by atoms with van der Waals surface area (Å²) in [5, 5.41) is 12.0. The molecule has 0 bridgehead atoms. The average molecular weight is 487 g/mol. The van der Waals surface area contributed by atoms with Gasteiger partial charge in [-0.25, -0.2) is 19.1 Å². The Morgan fingerprint density at radius 1 is 0.778 bits per heavy atom. The van der Waals surface area contributed by atoms with E-state index in [1.165, 1.54) is 14.2 Å². The number of methoxy groups -OCH3 is 2. The first-order valence-corrected chi connectivity index (χ1v) is 11.2. The van der Waals surface area contributed by atoms with Gasteiger partial charge in [0.05, 0.1) is 14.2 Å². The van der Waals surface area contributed by atoms with Crippen LogP contribution in [0.2, 0.25) is 0 Å². The lowest BCUT2D eigenvalue weighted by atomic mass is 10.1. The third kappa shape index (κ3) is 4.92. The van der Waals surface area contributed by atoms with E-state index in [4.69, 9.17) is 9.47 Å². The number of benzene rings is 2. The van der Waals surface area contributed by atoms with Gasteiger partial charge >= 0.3 is 11.9 Å². The summed E-state index contributed by atoms with van der Waals surface area (Å²) >= 11 is 0. The third-order valence-electron chi connectivity index (χ3n) is 5.09. The van der Waals surface area contributed by atoms with Crippen LogP contribution in [0.25, 0.3) is 28.7 Å². The molecule has 0 radical (unpaired) electrons. The Balaban J connectivity index is 2.07. The molecule has 0 saturated carbocycles. The van der Waals surface area contributed by atoms with Crippen molar-refractivity contribution in [1.82, 2.24) is 24.7 Å². The van der Waals surface area contributed by atoms with Gasteiger partial charge in [0.1, 0.15) is 11.4 Å². The van der Waals surface area contributed by atoms with E-state index in [1.54, 1.807) is 4.57 Å². The van der Waals surface area contributed by atoms with Gasteiger partial charge in [0.25, 0.3) is 0 Å². The Kier molecular flexibility index (Phi) is 6.77. The molecule has 0 aliphatic carbocycles. The number of nitrogens with one attached hydrogen (secondary N) is 1. The Bertz CT molecular complexity index is 1340. The molecule has 0 unspecified atom stereocenters. The molecule has 1 N–H and O–H groups in total. The second-order valence-electron chi connectivity index (χ2n) is 8.87. The number of hydrogen-bond acceptors (Lipinski definition) is 9. The van der Waals surface area contributed by atoms with E-state index < -0.39 is 17.5 Å². The van der Waals surface area contributed by atoms with Gasteiger partial charge in [-0.2, -0.15) is 4.98 Å². The highest BCUT2D eigenvalue weighted by Crippen LogP contribution is 2.30. The molecular weight excluding hydrogens is 460 g/mol. The molecule has 36 heavy (non-hydrogen) atoms. The minimum atomic E-state index is -0.813. The number of carbonyl (C=O) groups excluding carboxylic acids is 2. The van der Waals surface area contributed by atoms with Crippen molar-refractivity contribution in [3.63, 3.8) is 0 Å². The van der Waals surface area contributed by atoms with Crippen LogP contribution in [0.15, 0.2) is 60.7 Å². The topological polar surface area (TPSA) is 121 Å². The van der Waals surface area contributed by atoms with Gasteiger partial charge in [-0.3, -0.25) is 0 Å². The van der Waals surface area contributed by atoms with Crippen LogP contribution in [0.1, 0.15) is 41.6 Å². The van der Waals surface area contributed by atoms with Crippen LogP contribution in [0, 0.1) is 0 Å². The van der Waals surface area contributed by atoms with Gasteiger partial charge in [0.2, 0.25) is 5.95 Å². The molecule has 4 aromatic rings. The van der Waals surface area contributed by atoms with E-state index in [0.717, 1.165) is 11.1 Å². The van der Waals surface area contributed by atoms with Crippen LogP contribution in [-0.2, 0) is 9.47 Å². The van der Waals surface area contributed by atoms with Crippen molar-refractivity contribution in [2.75, 3.05) is 19.5 Å². The van der Waals surface area contributed by atoms with Crippen LogP contribution in [0.4, 0.5) is 5.82 Å². The second kappa shape index (κ2) is 9.95. The molecule has 2 aromatic heterocycles. The molecule has 0 saturated heterocycles. The van der Waals surface area contributed by atoms with Crippen LogP contribution in [0.5, 0.6) is 0 Å². The second-order valence-corrected chi connectivity index (χ2v) is 8.87. The Labute approximate surface area is 208 Å².